The van der Waals surface area contributed by atoms with Crippen LogP contribution in [0.2, 0.25) is 0 Å². The van der Waals surface area contributed by atoms with Crippen molar-refractivity contribution in [3.05, 3.63) is 23.9 Å². The number of halogens is 3. The normalized spacial score (nSPS) is 13.9. The lowest BCUT2D eigenvalue weighted by molar-refractivity contribution is -0.208. The van der Waals surface area contributed by atoms with E-state index in [1.807, 2.05) is 0 Å². The summed E-state index contributed by atoms with van der Waals surface area (Å²) in [5.41, 5.74) is -0.467. The van der Waals surface area contributed by atoms with Crippen molar-refractivity contribution >= 4 is 0 Å². The van der Waals surface area contributed by atoms with E-state index in [2.05, 4.69) is 4.98 Å². The van der Waals surface area contributed by atoms with Crippen LogP contribution in [0.15, 0.2) is 18.2 Å². The van der Waals surface area contributed by atoms with E-state index in [9.17, 15) is 13.2 Å². The van der Waals surface area contributed by atoms with Crippen LogP contribution in [-0.2, 0) is 0 Å². The lowest BCUT2D eigenvalue weighted by Crippen LogP contribution is -2.21. The SMILES string of the molecule is CC(C)Oc1cccc([C@H](O)C(F)(F)F)n1. The van der Waals surface area contributed by atoms with E-state index >= 15 is 0 Å². The van der Waals surface area contributed by atoms with E-state index in [-0.39, 0.29) is 12.0 Å². The molecule has 16 heavy (non-hydrogen) atoms. The van der Waals surface area contributed by atoms with Gasteiger partial charge in [-0.15, -0.1) is 0 Å². The highest BCUT2D eigenvalue weighted by atomic mass is 19.4. The molecule has 0 unspecified atom stereocenters. The number of pyridine rings is 1. The molecule has 0 aliphatic carbocycles. The monoisotopic (exact) mass is 235 g/mol. The van der Waals surface area contributed by atoms with Gasteiger partial charge in [0.1, 0.15) is 0 Å². The molecule has 0 spiro atoms. The van der Waals surface area contributed by atoms with Crippen molar-refractivity contribution in [3.63, 3.8) is 0 Å². The summed E-state index contributed by atoms with van der Waals surface area (Å²) >= 11 is 0. The zero-order valence-corrected chi connectivity index (χ0v) is 8.82. The Kier molecular flexibility index (Phi) is 3.74. The van der Waals surface area contributed by atoms with Crippen molar-refractivity contribution < 1.29 is 23.0 Å². The topological polar surface area (TPSA) is 42.4 Å². The van der Waals surface area contributed by atoms with Crippen molar-refractivity contribution in [3.8, 4) is 5.88 Å². The zero-order chi connectivity index (χ0) is 12.3. The molecule has 0 fully saturated rings. The number of nitrogens with zero attached hydrogens (tertiary/aromatic N) is 1. The van der Waals surface area contributed by atoms with Crippen LogP contribution < -0.4 is 4.74 Å². The summed E-state index contributed by atoms with van der Waals surface area (Å²) in [7, 11) is 0. The second kappa shape index (κ2) is 4.69. The molecule has 90 valence electrons. The van der Waals surface area contributed by atoms with E-state index in [0.29, 0.717) is 0 Å². The summed E-state index contributed by atoms with van der Waals surface area (Å²) in [4.78, 5) is 3.59. The van der Waals surface area contributed by atoms with Crippen molar-refractivity contribution in [2.75, 3.05) is 0 Å². The molecule has 1 atom stereocenters. The van der Waals surface area contributed by atoms with Crippen LogP contribution in [0, 0.1) is 0 Å². The molecule has 0 saturated heterocycles. The number of hydrogen-bond acceptors (Lipinski definition) is 3. The third-order valence-corrected chi connectivity index (χ3v) is 1.69. The molecule has 6 heteroatoms. The summed E-state index contributed by atoms with van der Waals surface area (Å²) in [6.45, 7) is 3.46. The van der Waals surface area contributed by atoms with Gasteiger partial charge in [-0.25, -0.2) is 4.98 Å². The van der Waals surface area contributed by atoms with Gasteiger partial charge >= 0.3 is 6.18 Å². The second-order valence-electron chi connectivity index (χ2n) is 3.51. The maximum absolute atomic E-state index is 12.2. The van der Waals surface area contributed by atoms with E-state index in [4.69, 9.17) is 9.84 Å². The second-order valence-corrected chi connectivity index (χ2v) is 3.51. The molecular formula is C10H12F3NO2. The fourth-order valence-electron chi connectivity index (χ4n) is 1.06. The van der Waals surface area contributed by atoms with Crippen molar-refractivity contribution in [1.29, 1.82) is 0 Å². The standard InChI is InChI=1S/C10H12F3NO2/c1-6(2)16-8-5-3-4-7(14-8)9(15)10(11,12)13/h3-6,9,15H,1-2H3/t9-/m0/s1. The molecule has 1 heterocycles. The molecule has 0 aliphatic heterocycles. The maximum atomic E-state index is 12.2. The predicted octanol–water partition coefficient (Wildman–Crippen LogP) is 2.46. The van der Waals surface area contributed by atoms with Gasteiger partial charge in [0.25, 0.3) is 0 Å². The van der Waals surface area contributed by atoms with Gasteiger partial charge in [-0.1, -0.05) is 6.07 Å². The molecular weight excluding hydrogens is 223 g/mol. The van der Waals surface area contributed by atoms with Gasteiger partial charge in [-0.05, 0) is 19.9 Å². The summed E-state index contributed by atoms with van der Waals surface area (Å²) in [5.74, 6) is 0.0656. The Hall–Kier alpha value is -1.30. The Bertz CT molecular complexity index is 352. The molecule has 0 aromatic carbocycles. The van der Waals surface area contributed by atoms with E-state index in [0.717, 1.165) is 6.07 Å². The summed E-state index contributed by atoms with van der Waals surface area (Å²) in [6.07, 6.45) is -7.49. The molecule has 1 aromatic heterocycles. The minimum atomic E-state index is -4.72. The van der Waals surface area contributed by atoms with E-state index in [1.54, 1.807) is 13.8 Å². The number of aliphatic hydroxyl groups excluding tert-OH is 1. The Balaban J connectivity index is 2.90. The first-order valence-electron chi connectivity index (χ1n) is 4.69. The van der Waals surface area contributed by atoms with Gasteiger partial charge in [-0.3, -0.25) is 0 Å². The number of rotatable bonds is 3. The molecule has 0 aliphatic rings. The Morgan fingerprint density at radius 2 is 1.94 bits per heavy atom. The largest absolute Gasteiger partial charge is 0.475 e. The highest BCUT2D eigenvalue weighted by molar-refractivity contribution is 5.18. The smallest absolute Gasteiger partial charge is 0.420 e. The van der Waals surface area contributed by atoms with E-state index in [1.165, 1.54) is 12.1 Å². The van der Waals surface area contributed by atoms with E-state index < -0.39 is 18.0 Å². The maximum Gasteiger partial charge on any atom is 0.420 e. The Labute approximate surface area is 90.9 Å². The number of alkyl halides is 3. The number of aromatic nitrogens is 1. The van der Waals surface area contributed by atoms with Crippen molar-refractivity contribution in [2.24, 2.45) is 0 Å². The van der Waals surface area contributed by atoms with Gasteiger partial charge in [0.05, 0.1) is 11.8 Å². The third kappa shape index (κ3) is 3.37. The van der Waals surface area contributed by atoms with Crippen LogP contribution in [0.5, 0.6) is 5.88 Å². The lowest BCUT2D eigenvalue weighted by Gasteiger charge is -2.15. The summed E-state index contributed by atoms with van der Waals surface area (Å²) in [5, 5.41) is 8.97. The van der Waals surface area contributed by atoms with Gasteiger partial charge in [0, 0.05) is 6.07 Å². The highest BCUT2D eigenvalue weighted by Crippen LogP contribution is 2.31. The average molecular weight is 235 g/mol. The number of aliphatic hydroxyl groups is 1. The minimum absolute atomic E-state index is 0.0656. The quantitative estimate of drug-likeness (QED) is 0.875. The molecule has 1 N–H and O–H groups in total. The summed E-state index contributed by atoms with van der Waals surface area (Å²) < 4.78 is 41.7. The number of hydrogen-bond donors (Lipinski definition) is 1. The van der Waals surface area contributed by atoms with Gasteiger partial charge in [-0.2, -0.15) is 13.2 Å². The minimum Gasteiger partial charge on any atom is -0.475 e. The molecule has 0 amide bonds. The molecule has 0 saturated carbocycles. The first-order valence-corrected chi connectivity index (χ1v) is 4.69. The molecule has 0 radical (unpaired) electrons. The fraction of sp³-hybridized carbons (Fsp3) is 0.500. The fourth-order valence-corrected chi connectivity index (χ4v) is 1.06. The first-order chi connectivity index (χ1) is 7.30. The molecule has 1 aromatic rings. The van der Waals surface area contributed by atoms with Crippen LogP contribution in [-0.4, -0.2) is 22.4 Å². The molecule has 3 nitrogen and oxygen atoms in total. The number of ether oxygens (including phenoxy) is 1. The van der Waals surface area contributed by atoms with Gasteiger partial charge < -0.3 is 9.84 Å². The van der Waals surface area contributed by atoms with Gasteiger partial charge in [0.2, 0.25) is 5.88 Å². The predicted molar refractivity (Wildman–Crippen MR) is 51.0 cm³/mol. The van der Waals surface area contributed by atoms with Crippen molar-refractivity contribution in [2.45, 2.75) is 32.2 Å². The summed E-state index contributed by atoms with van der Waals surface area (Å²) in [6, 6.07) is 3.90. The van der Waals surface area contributed by atoms with Crippen LogP contribution in [0.4, 0.5) is 13.2 Å². The average Bonchev–Trinajstić information content (AvgIpc) is 2.14. The van der Waals surface area contributed by atoms with Crippen LogP contribution in [0.25, 0.3) is 0 Å². The zero-order valence-electron chi connectivity index (χ0n) is 8.82. The Morgan fingerprint density at radius 1 is 1.31 bits per heavy atom. The lowest BCUT2D eigenvalue weighted by atomic mass is 10.2. The highest BCUT2D eigenvalue weighted by Gasteiger charge is 2.40. The molecule has 1 rings (SSSR count). The van der Waals surface area contributed by atoms with Gasteiger partial charge in [0.15, 0.2) is 6.10 Å². The van der Waals surface area contributed by atoms with Crippen LogP contribution in [0.3, 0.4) is 0 Å². The van der Waals surface area contributed by atoms with Crippen molar-refractivity contribution in [1.82, 2.24) is 4.98 Å². The van der Waals surface area contributed by atoms with Crippen LogP contribution in [0.1, 0.15) is 25.6 Å². The molecule has 0 bridgehead atoms. The Morgan fingerprint density at radius 3 is 2.44 bits per heavy atom. The first kappa shape index (κ1) is 12.8. The van der Waals surface area contributed by atoms with Crippen LogP contribution >= 0.6 is 0 Å². The third-order valence-electron chi connectivity index (χ3n) is 1.69.